The first-order valence-corrected chi connectivity index (χ1v) is 8.99. The summed E-state index contributed by atoms with van der Waals surface area (Å²) in [7, 11) is 1.86. The maximum Gasteiger partial charge on any atom is 0.254 e. The van der Waals surface area contributed by atoms with E-state index in [1.165, 1.54) is 0 Å². The molecule has 1 fully saturated rings. The number of hydrogen-bond acceptors (Lipinski definition) is 4. The van der Waals surface area contributed by atoms with Gasteiger partial charge >= 0.3 is 0 Å². The number of carbonyl (C=O) groups is 1. The standard InChI is InChI=1S/C20H23N5O/c1-13-18-16(20(26)25-10-6-9-15(21)12-25)11-17(14-7-4-3-5-8-14)22-19(18)24(2)23-13/h3-5,7-8,11,15H,6,9-10,12,21H2,1-2H3. The van der Waals surface area contributed by atoms with E-state index in [1.54, 1.807) is 4.68 Å². The summed E-state index contributed by atoms with van der Waals surface area (Å²) in [5.41, 5.74) is 10.1. The average Bonchev–Trinajstić information content (AvgIpc) is 2.95. The highest BCUT2D eigenvalue weighted by atomic mass is 16.2. The fourth-order valence-corrected chi connectivity index (χ4v) is 3.74. The van der Waals surface area contributed by atoms with Gasteiger partial charge in [-0.1, -0.05) is 30.3 Å². The van der Waals surface area contributed by atoms with Crippen LogP contribution in [0.25, 0.3) is 22.3 Å². The Labute approximate surface area is 152 Å². The van der Waals surface area contributed by atoms with Gasteiger partial charge < -0.3 is 10.6 Å². The van der Waals surface area contributed by atoms with Crippen LogP contribution in [0.15, 0.2) is 36.4 Å². The molecule has 3 aromatic rings. The summed E-state index contributed by atoms with van der Waals surface area (Å²) in [4.78, 5) is 19.9. The van der Waals surface area contributed by atoms with Crippen LogP contribution in [-0.4, -0.2) is 44.7 Å². The maximum absolute atomic E-state index is 13.3. The van der Waals surface area contributed by atoms with Crippen molar-refractivity contribution in [2.24, 2.45) is 12.8 Å². The van der Waals surface area contributed by atoms with E-state index in [-0.39, 0.29) is 11.9 Å². The number of nitrogens with zero attached hydrogens (tertiary/aromatic N) is 4. The van der Waals surface area contributed by atoms with Crippen molar-refractivity contribution < 1.29 is 4.79 Å². The number of pyridine rings is 1. The second kappa shape index (κ2) is 6.53. The lowest BCUT2D eigenvalue weighted by Crippen LogP contribution is -2.45. The predicted molar refractivity (Wildman–Crippen MR) is 102 cm³/mol. The molecule has 6 heteroatoms. The number of amides is 1. The number of aryl methyl sites for hydroxylation is 2. The van der Waals surface area contributed by atoms with Crippen molar-refractivity contribution in [3.63, 3.8) is 0 Å². The predicted octanol–water partition coefficient (Wildman–Crippen LogP) is 2.51. The molecule has 0 saturated carbocycles. The molecule has 2 aromatic heterocycles. The number of hydrogen-bond donors (Lipinski definition) is 1. The lowest BCUT2D eigenvalue weighted by Gasteiger charge is -2.31. The summed E-state index contributed by atoms with van der Waals surface area (Å²) in [6.07, 6.45) is 1.91. The summed E-state index contributed by atoms with van der Waals surface area (Å²) < 4.78 is 1.75. The van der Waals surface area contributed by atoms with Gasteiger partial charge in [0.05, 0.1) is 22.3 Å². The Morgan fingerprint density at radius 2 is 2.04 bits per heavy atom. The normalized spacial score (nSPS) is 17.7. The number of benzene rings is 1. The summed E-state index contributed by atoms with van der Waals surface area (Å²) in [6.45, 7) is 3.27. The molecule has 0 aliphatic carbocycles. The minimum Gasteiger partial charge on any atom is -0.337 e. The Balaban J connectivity index is 1.88. The van der Waals surface area contributed by atoms with Crippen LogP contribution in [0.4, 0.5) is 0 Å². The van der Waals surface area contributed by atoms with Gasteiger partial charge in [0.1, 0.15) is 0 Å². The third-order valence-corrected chi connectivity index (χ3v) is 5.01. The van der Waals surface area contributed by atoms with Gasteiger partial charge in [0.25, 0.3) is 5.91 Å². The van der Waals surface area contributed by atoms with Crippen molar-refractivity contribution in [2.45, 2.75) is 25.8 Å². The van der Waals surface area contributed by atoms with Crippen molar-refractivity contribution in [1.82, 2.24) is 19.7 Å². The highest BCUT2D eigenvalue weighted by Gasteiger charge is 2.26. The first-order valence-electron chi connectivity index (χ1n) is 8.99. The minimum absolute atomic E-state index is 0.0147. The lowest BCUT2D eigenvalue weighted by molar-refractivity contribution is 0.0710. The summed E-state index contributed by atoms with van der Waals surface area (Å²) in [5, 5.41) is 5.32. The molecule has 1 unspecified atom stereocenters. The number of aromatic nitrogens is 3. The van der Waals surface area contributed by atoms with Crippen LogP contribution in [0.2, 0.25) is 0 Å². The fourth-order valence-electron chi connectivity index (χ4n) is 3.74. The SMILES string of the molecule is Cc1nn(C)c2nc(-c3ccccc3)cc(C(=O)N3CCCC(N)C3)c12. The Kier molecular flexibility index (Phi) is 4.20. The molecule has 26 heavy (non-hydrogen) atoms. The largest absolute Gasteiger partial charge is 0.337 e. The van der Waals surface area contributed by atoms with Crippen LogP contribution >= 0.6 is 0 Å². The zero-order chi connectivity index (χ0) is 18.3. The van der Waals surface area contributed by atoms with Crippen LogP contribution < -0.4 is 5.73 Å². The molecule has 6 nitrogen and oxygen atoms in total. The summed E-state index contributed by atoms with van der Waals surface area (Å²) in [5.74, 6) is 0.0147. The van der Waals surface area contributed by atoms with E-state index in [4.69, 9.17) is 10.7 Å². The third-order valence-electron chi connectivity index (χ3n) is 5.01. The molecule has 1 amide bonds. The highest BCUT2D eigenvalue weighted by Crippen LogP contribution is 2.28. The Morgan fingerprint density at radius 1 is 1.27 bits per heavy atom. The van der Waals surface area contributed by atoms with Crippen LogP contribution in [-0.2, 0) is 7.05 Å². The van der Waals surface area contributed by atoms with Crippen LogP contribution in [0, 0.1) is 6.92 Å². The van der Waals surface area contributed by atoms with E-state index in [9.17, 15) is 4.79 Å². The van der Waals surface area contributed by atoms with Gasteiger partial charge in [-0.25, -0.2) is 4.98 Å². The molecule has 1 aliphatic heterocycles. The molecule has 0 spiro atoms. The molecule has 1 aliphatic rings. The minimum atomic E-state index is 0.0147. The fraction of sp³-hybridized carbons (Fsp3) is 0.350. The highest BCUT2D eigenvalue weighted by molar-refractivity contribution is 6.07. The molecule has 0 radical (unpaired) electrons. The van der Waals surface area contributed by atoms with Gasteiger partial charge in [0.2, 0.25) is 0 Å². The lowest BCUT2D eigenvalue weighted by atomic mass is 10.0. The van der Waals surface area contributed by atoms with Crippen LogP contribution in [0.3, 0.4) is 0 Å². The number of rotatable bonds is 2. The van der Waals surface area contributed by atoms with Gasteiger partial charge in [-0.2, -0.15) is 5.10 Å². The van der Waals surface area contributed by atoms with Gasteiger partial charge in [-0.3, -0.25) is 9.48 Å². The Bertz CT molecular complexity index is 963. The van der Waals surface area contributed by atoms with Gasteiger partial charge in [0.15, 0.2) is 5.65 Å². The Hall–Kier alpha value is -2.73. The van der Waals surface area contributed by atoms with E-state index < -0.39 is 0 Å². The smallest absolute Gasteiger partial charge is 0.254 e. The van der Waals surface area contributed by atoms with Crippen molar-refractivity contribution in [3.8, 4) is 11.3 Å². The molecular formula is C20H23N5O. The average molecular weight is 349 g/mol. The van der Waals surface area contributed by atoms with E-state index in [2.05, 4.69) is 5.10 Å². The molecule has 4 rings (SSSR count). The van der Waals surface area contributed by atoms with Gasteiger partial charge in [-0.05, 0) is 25.8 Å². The quantitative estimate of drug-likeness (QED) is 0.771. The number of nitrogens with two attached hydrogens (primary N) is 1. The zero-order valence-electron chi connectivity index (χ0n) is 15.1. The number of likely N-dealkylation sites (tertiary alicyclic amines) is 1. The molecule has 0 bridgehead atoms. The molecule has 1 aromatic carbocycles. The monoisotopic (exact) mass is 349 g/mol. The molecule has 2 N–H and O–H groups in total. The molecular weight excluding hydrogens is 326 g/mol. The molecule has 134 valence electrons. The third kappa shape index (κ3) is 2.86. The van der Waals surface area contributed by atoms with E-state index in [0.717, 1.165) is 47.4 Å². The first-order chi connectivity index (χ1) is 12.5. The second-order valence-electron chi connectivity index (χ2n) is 6.98. The van der Waals surface area contributed by atoms with Crippen molar-refractivity contribution in [1.29, 1.82) is 0 Å². The number of carbonyl (C=O) groups excluding carboxylic acids is 1. The Morgan fingerprint density at radius 3 is 2.77 bits per heavy atom. The first kappa shape index (κ1) is 16.7. The van der Waals surface area contributed by atoms with E-state index >= 15 is 0 Å². The van der Waals surface area contributed by atoms with Crippen LogP contribution in [0.5, 0.6) is 0 Å². The van der Waals surface area contributed by atoms with Crippen molar-refractivity contribution in [3.05, 3.63) is 47.7 Å². The van der Waals surface area contributed by atoms with Crippen molar-refractivity contribution in [2.75, 3.05) is 13.1 Å². The zero-order valence-corrected chi connectivity index (χ0v) is 15.1. The summed E-state index contributed by atoms with van der Waals surface area (Å²) >= 11 is 0. The van der Waals surface area contributed by atoms with Gasteiger partial charge in [0, 0.05) is 31.7 Å². The summed E-state index contributed by atoms with van der Waals surface area (Å²) in [6, 6.07) is 11.9. The van der Waals surface area contributed by atoms with E-state index in [1.807, 2.05) is 55.3 Å². The molecule has 3 heterocycles. The van der Waals surface area contributed by atoms with Gasteiger partial charge in [-0.15, -0.1) is 0 Å². The molecule has 1 atom stereocenters. The molecule has 1 saturated heterocycles. The second-order valence-corrected chi connectivity index (χ2v) is 6.98. The maximum atomic E-state index is 13.3. The van der Waals surface area contributed by atoms with E-state index in [0.29, 0.717) is 12.1 Å². The van der Waals surface area contributed by atoms with Crippen molar-refractivity contribution >= 4 is 16.9 Å². The number of piperidine rings is 1. The number of fused-ring (bicyclic) bond motifs is 1. The topological polar surface area (TPSA) is 77.0 Å². The van der Waals surface area contributed by atoms with Crippen LogP contribution in [0.1, 0.15) is 28.9 Å².